The Morgan fingerprint density at radius 3 is 2.38 bits per heavy atom. The quantitative estimate of drug-likeness (QED) is 0.255. The Bertz CT molecular complexity index is 1790. The molecule has 12 heteroatoms. The Kier molecular flexibility index (Phi) is 7.02. The van der Waals surface area contributed by atoms with Gasteiger partial charge in [-0.15, -0.1) is 0 Å². The first-order valence-corrected chi connectivity index (χ1v) is 13.3. The summed E-state index contributed by atoms with van der Waals surface area (Å²) in [5.41, 5.74) is 0.320. The number of halogens is 3. The number of hydrogen-bond acceptors (Lipinski definition) is 6. The number of hydrogen-bond donors (Lipinski definition) is 1. The number of rotatable bonds is 7. The fraction of sp³-hybridized carbons (Fsp3) is 0.0741. The summed E-state index contributed by atoms with van der Waals surface area (Å²) < 4.78 is 60.4. The highest BCUT2D eigenvalue weighted by atomic mass is 35.5. The zero-order valence-electron chi connectivity index (χ0n) is 20.2. The second-order valence-electron chi connectivity index (χ2n) is 8.34. The van der Waals surface area contributed by atoms with Gasteiger partial charge in [-0.25, -0.2) is 26.7 Å². The van der Waals surface area contributed by atoms with Gasteiger partial charge in [0.2, 0.25) is 9.84 Å². The van der Waals surface area contributed by atoms with Crippen LogP contribution in [-0.4, -0.2) is 36.0 Å². The van der Waals surface area contributed by atoms with Crippen LogP contribution in [0.4, 0.5) is 14.5 Å². The van der Waals surface area contributed by atoms with Crippen LogP contribution in [0.1, 0.15) is 22.5 Å². The molecule has 0 atom stereocenters. The molecule has 0 unspecified atom stereocenters. The van der Waals surface area contributed by atoms with Gasteiger partial charge in [0, 0.05) is 22.3 Å². The number of nitrogens with one attached hydrogen (secondary N) is 1. The number of fused-ring (bicyclic) bond motifs is 1. The molecule has 8 nitrogen and oxygen atoms in total. The molecule has 0 fully saturated rings. The molecule has 0 saturated carbocycles. The molecule has 2 heterocycles. The molecule has 0 aliphatic rings. The van der Waals surface area contributed by atoms with Crippen molar-refractivity contribution in [3.8, 4) is 17.0 Å². The summed E-state index contributed by atoms with van der Waals surface area (Å²) in [7, 11) is -2.64. The third-order valence-electron chi connectivity index (χ3n) is 5.84. The number of carbonyl (C=O) groups excluding carboxylic acids is 1. The van der Waals surface area contributed by atoms with Crippen molar-refractivity contribution in [3.63, 3.8) is 0 Å². The minimum absolute atomic E-state index is 0.00257. The largest absolute Gasteiger partial charge is 0.497 e. The minimum atomic E-state index is -3.99. The predicted molar refractivity (Wildman–Crippen MR) is 141 cm³/mol. The average molecular weight is 569 g/mol. The molecule has 0 spiro atoms. The SMILES string of the molecule is COc1cc(NC(=O)c2cnn3c(C(F)F)cc(-c4ccccc4)nc23)cc(S(=O)(=O)c2ccc(Cl)cc2)c1. The van der Waals surface area contributed by atoms with Crippen molar-refractivity contribution in [2.45, 2.75) is 16.2 Å². The number of amides is 1. The van der Waals surface area contributed by atoms with E-state index >= 15 is 0 Å². The Balaban J connectivity index is 1.55. The summed E-state index contributed by atoms with van der Waals surface area (Å²) >= 11 is 5.88. The maximum atomic E-state index is 13.9. The molecule has 198 valence electrons. The van der Waals surface area contributed by atoms with Crippen LogP contribution in [0, 0.1) is 0 Å². The van der Waals surface area contributed by atoms with Gasteiger partial charge >= 0.3 is 0 Å². The first-order valence-electron chi connectivity index (χ1n) is 11.4. The number of methoxy groups -OCH3 is 1. The lowest BCUT2D eigenvalue weighted by atomic mass is 10.1. The van der Waals surface area contributed by atoms with Gasteiger partial charge in [-0.3, -0.25) is 4.79 Å². The van der Waals surface area contributed by atoms with E-state index in [1.54, 1.807) is 30.3 Å². The summed E-state index contributed by atoms with van der Waals surface area (Å²) in [4.78, 5) is 17.6. The van der Waals surface area contributed by atoms with E-state index in [1.165, 1.54) is 55.6 Å². The smallest absolute Gasteiger partial charge is 0.280 e. The van der Waals surface area contributed by atoms with Crippen LogP contribution in [0.25, 0.3) is 16.9 Å². The molecule has 0 bridgehead atoms. The highest BCUT2D eigenvalue weighted by Crippen LogP contribution is 2.30. The minimum Gasteiger partial charge on any atom is -0.497 e. The zero-order chi connectivity index (χ0) is 27.7. The molecule has 1 N–H and O–H groups in total. The van der Waals surface area contributed by atoms with E-state index < -0.39 is 27.9 Å². The highest BCUT2D eigenvalue weighted by Gasteiger charge is 2.23. The zero-order valence-corrected chi connectivity index (χ0v) is 21.7. The van der Waals surface area contributed by atoms with Gasteiger partial charge in [0.1, 0.15) is 17.0 Å². The van der Waals surface area contributed by atoms with Crippen LogP contribution in [0.3, 0.4) is 0 Å². The molecule has 5 aromatic rings. The van der Waals surface area contributed by atoms with E-state index in [2.05, 4.69) is 15.4 Å². The number of benzene rings is 3. The number of carbonyl (C=O) groups is 1. The number of aromatic nitrogens is 3. The number of anilines is 1. The Labute approximate surface area is 226 Å². The van der Waals surface area contributed by atoms with E-state index in [1.807, 2.05) is 0 Å². The van der Waals surface area contributed by atoms with Crippen molar-refractivity contribution >= 4 is 38.7 Å². The van der Waals surface area contributed by atoms with Crippen LogP contribution in [0.5, 0.6) is 5.75 Å². The van der Waals surface area contributed by atoms with Gasteiger partial charge in [-0.05, 0) is 42.5 Å². The van der Waals surface area contributed by atoms with E-state index in [0.717, 1.165) is 10.7 Å². The molecular formula is C27H19ClF2N4O4S. The molecular weight excluding hydrogens is 550 g/mol. The van der Waals surface area contributed by atoms with E-state index in [0.29, 0.717) is 10.6 Å². The van der Waals surface area contributed by atoms with Gasteiger partial charge in [0.05, 0.1) is 28.8 Å². The third kappa shape index (κ3) is 5.18. The standard InChI is InChI=1S/C27H19ClF2N4O4S/c1-38-19-11-18(12-21(13-19)39(36,37)20-9-7-17(28)8-10-20)32-27(35)22-15-31-34-24(25(29)30)14-23(33-26(22)34)16-5-3-2-4-6-16/h2-15,25H,1H3,(H,32,35). The second-order valence-corrected chi connectivity index (χ2v) is 10.7. The van der Waals surface area contributed by atoms with Crippen molar-refractivity contribution in [2.24, 2.45) is 0 Å². The Morgan fingerprint density at radius 1 is 1.00 bits per heavy atom. The fourth-order valence-corrected chi connectivity index (χ4v) is 5.37. The van der Waals surface area contributed by atoms with Crippen LogP contribution in [0.2, 0.25) is 5.02 Å². The summed E-state index contributed by atoms with van der Waals surface area (Å²) in [5.74, 6) is -0.560. The lowest BCUT2D eigenvalue weighted by Gasteiger charge is -2.12. The predicted octanol–water partition coefficient (Wildman–Crippen LogP) is 6.08. The van der Waals surface area contributed by atoms with Gasteiger partial charge in [-0.2, -0.15) is 5.10 Å². The molecule has 0 saturated heterocycles. The topological polar surface area (TPSA) is 103 Å². The third-order valence-corrected chi connectivity index (χ3v) is 7.85. The van der Waals surface area contributed by atoms with Crippen LogP contribution < -0.4 is 10.1 Å². The maximum Gasteiger partial charge on any atom is 0.280 e. The average Bonchev–Trinajstić information content (AvgIpc) is 3.37. The molecule has 2 aromatic heterocycles. The Hall–Kier alpha value is -4.35. The van der Waals surface area contributed by atoms with Crippen LogP contribution in [-0.2, 0) is 9.84 Å². The Morgan fingerprint density at radius 2 is 1.72 bits per heavy atom. The second kappa shape index (κ2) is 10.4. The first-order chi connectivity index (χ1) is 18.7. The normalized spacial score (nSPS) is 11.6. The number of ether oxygens (including phenoxy) is 1. The van der Waals surface area contributed by atoms with Crippen molar-refractivity contribution in [1.29, 1.82) is 0 Å². The van der Waals surface area contributed by atoms with Crippen molar-refractivity contribution in [1.82, 2.24) is 14.6 Å². The fourth-order valence-electron chi connectivity index (χ4n) is 3.92. The first kappa shape index (κ1) is 26.3. The summed E-state index contributed by atoms with van der Waals surface area (Å²) in [6.45, 7) is 0. The lowest BCUT2D eigenvalue weighted by Crippen LogP contribution is -2.13. The lowest BCUT2D eigenvalue weighted by molar-refractivity contribution is 0.102. The number of alkyl halides is 2. The molecule has 0 radical (unpaired) electrons. The molecule has 0 aliphatic carbocycles. The van der Waals surface area contributed by atoms with Gasteiger partial charge in [0.25, 0.3) is 12.3 Å². The van der Waals surface area contributed by atoms with E-state index in [4.69, 9.17) is 16.3 Å². The van der Waals surface area contributed by atoms with Crippen molar-refractivity contribution in [2.75, 3.05) is 12.4 Å². The maximum absolute atomic E-state index is 13.9. The van der Waals surface area contributed by atoms with Crippen LogP contribution >= 0.6 is 11.6 Å². The number of nitrogens with zero attached hydrogens (tertiary/aromatic N) is 3. The molecule has 5 rings (SSSR count). The van der Waals surface area contributed by atoms with Gasteiger partial charge in [0.15, 0.2) is 5.65 Å². The summed E-state index contributed by atoms with van der Waals surface area (Å²) in [5, 5.41) is 6.94. The van der Waals surface area contributed by atoms with E-state index in [9.17, 15) is 22.0 Å². The summed E-state index contributed by atoms with van der Waals surface area (Å²) in [6.07, 6.45) is -1.75. The highest BCUT2D eigenvalue weighted by molar-refractivity contribution is 7.91. The molecule has 0 aliphatic heterocycles. The molecule has 39 heavy (non-hydrogen) atoms. The van der Waals surface area contributed by atoms with Crippen molar-refractivity contribution < 1.29 is 26.7 Å². The molecule has 1 amide bonds. The van der Waals surface area contributed by atoms with Gasteiger partial charge in [-0.1, -0.05) is 41.9 Å². The van der Waals surface area contributed by atoms with Crippen LogP contribution in [0.15, 0.2) is 94.9 Å². The van der Waals surface area contributed by atoms with Gasteiger partial charge < -0.3 is 10.1 Å². The monoisotopic (exact) mass is 568 g/mol. The number of sulfone groups is 1. The van der Waals surface area contributed by atoms with E-state index in [-0.39, 0.29) is 38.1 Å². The van der Waals surface area contributed by atoms with Crippen molar-refractivity contribution in [3.05, 3.63) is 101 Å². The molecule has 3 aromatic carbocycles. The summed E-state index contributed by atoms with van der Waals surface area (Å²) in [6, 6.07) is 19.6.